The molecule has 3 aromatic carbocycles. The van der Waals surface area contributed by atoms with Gasteiger partial charge in [0.05, 0.1) is 48.5 Å². The molecule has 0 radical (unpaired) electrons. The number of hydrogen-bond donors (Lipinski definition) is 7. The van der Waals surface area contributed by atoms with Crippen LogP contribution in [0.15, 0.2) is 89.2 Å². The number of carbonyl (C=O) groups excluding carboxylic acids is 11. The maximum Gasteiger partial charge on any atom is 0.407 e. The first-order valence-electron chi connectivity index (χ1n) is 37.4. The fourth-order valence-electron chi connectivity index (χ4n) is 12.8. The largest absolute Gasteiger partial charge is 0.747 e. The zero-order valence-electron chi connectivity index (χ0n) is 62.6. The molecule has 1 saturated carbocycles. The summed E-state index contributed by atoms with van der Waals surface area (Å²) >= 11 is 1.14. The quantitative estimate of drug-likeness (QED) is 0.00927. The molecule has 3 aliphatic heterocycles. The summed E-state index contributed by atoms with van der Waals surface area (Å²) in [5, 5.41) is 26.4. The molecule has 4 aromatic rings. The maximum absolute atomic E-state index is 14.3. The molecular formula is C76H102N13O18S2-. The van der Waals surface area contributed by atoms with Crippen LogP contribution in [0.5, 0.6) is 0 Å². The van der Waals surface area contributed by atoms with E-state index in [2.05, 4.69) is 61.5 Å². The number of ether oxygens (including phenoxy) is 4. The second-order valence-electron chi connectivity index (χ2n) is 27.9. The van der Waals surface area contributed by atoms with E-state index in [1.807, 2.05) is 57.2 Å². The third kappa shape index (κ3) is 26.5. The number of fused-ring (bicyclic) bond motifs is 6. The maximum atomic E-state index is 14.3. The second-order valence-corrected chi connectivity index (χ2v) is 30.7. The number of aromatic nitrogens is 3. The Morgan fingerprint density at radius 2 is 1.45 bits per heavy atom. The molecule has 9 amide bonds. The van der Waals surface area contributed by atoms with Crippen LogP contribution in [0.25, 0.3) is 22.5 Å². The number of alkyl carbamates (subject to hydrolysis) is 1. The number of carbonyl (C=O) groups is 11. The number of ketones is 2. The van der Waals surface area contributed by atoms with E-state index in [9.17, 15) is 65.7 Å². The number of rotatable bonds is 44. The Labute approximate surface area is 639 Å². The molecule has 592 valence electrons. The van der Waals surface area contributed by atoms with Gasteiger partial charge in [-0.3, -0.25) is 58.3 Å². The lowest BCUT2D eigenvalue weighted by atomic mass is 9.79. The number of nitrogens with zero attached hydrogens (tertiary/aromatic N) is 6. The fraction of sp³-hybridized carbons (Fsp3) is 0.553. The van der Waals surface area contributed by atoms with Gasteiger partial charge in [0.15, 0.2) is 5.78 Å². The first-order chi connectivity index (χ1) is 52.4. The van der Waals surface area contributed by atoms with Crippen LogP contribution in [-0.4, -0.2) is 198 Å². The second kappa shape index (κ2) is 43.2. The number of thioether (sulfide) groups is 1. The highest BCUT2D eigenvalue weighted by molar-refractivity contribution is 8.00. The average molecular weight is 1550 g/mol. The Balaban J connectivity index is 0.702. The standard InChI is InChI=1S/C76H103N13O18S2/c1-49(2)30-39-106-41-32-68(95)82-65(81-48-90)47-108-63-42-70(97)87(75(63)99)35-29-67(94)77-33-12-37-104-38-13-34-78-76(100)107-56-16-10-19-59-57(26-25-56)51(5)83-84-71(59)53-23-21-52(22-24-53)43-80-74(98)64(109(101,102)103)44-79-66(93)27-28-69(96)88-45-54-14-6-7-17-58(54)72-73(60-18-8-9-20-61(60)88)89(86-85-72)46-55(91)15-11-36-105-40-31-62(92)50(3)4/h6-9,14,17-18,20-24,48-50,56,59,63-65,83H,10-13,15-16,19,25-47H2,1-5H3,(H,77,94)(H,78,100)(H,79,93)(H,80,98)(H,81,90)(H,82,95)(H,101,102,103)/p-1. The molecule has 1 aliphatic carbocycles. The summed E-state index contributed by atoms with van der Waals surface area (Å²) in [5.74, 6) is -3.37. The van der Waals surface area contributed by atoms with Crippen LogP contribution in [0.1, 0.15) is 154 Å². The summed E-state index contributed by atoms with van der Waals surface area (Å²) in [6.07, 6.45) is 4.17. The Kier molecular flexibility index (Phi) is 33.8. The van der Waals surface area contributed by atoms with E-state index in [-0.39, 0.29) is 119 Å². The minimum atomic E-state index is -5.29. The van der Waals surface area contributed by atoms with Gasteiger partial charge in [0.25, 0.3) is 0 Å². The summed E-state index contributed by atoms with van der Waals surface area (Å²) in [4.78, 5) is 144. The van der Waals surface area contributed by atoms with Gasteiger partial charge in [-0.2, -0.15) is 5.10 Å². The van der Waals surface area contributed by atoms with Crippen molar-refractivity contribution in [1.29, 1.82) is 0 Å². The normalized spacial score (nSPS) is 16.8. The number of nitrogens with one attached hydrogen (secondary N) is 7. The summed E-state index contributed by atoms with van der Waals surface area (Å²) < 4.78 is 61.8. The van der Waals surface area contributed by atoms with E-state index >= 15 is 0 Å². The van der Waals surface area contributed by atoms with Crippen molar-refractivity contribution in [2.45, 2.75) is 180 Å². The molecular weight excluding hydrogens is 1450 g/mol. The van der Waals surface area contributed by atoms with Crippen LogP contribution in [0.3, 0.4) is 0 Å². The van der Waals surface area contributed by atoms with Gasteiger partial charge < -0.3 is 60.3 Å². The molecule has 33 heteroatoms. The first-order valence-corrected chi connectivity index (χ1v) is 39.9. The molecule has 109 heavy (non-hydrogen) atoms. The number of hydrazone groups is 1. The van der Waals surface area contributed by atoms with E-state index in [0.717, 1.165) is 58.5 Å². The molecule has 1 saturated heterocycles. The predicted molar refractivity (Wildman–Crippen MR) is 404 cm³/mol. The smallest absolute Gasteiger partial charge is 0.407 e. The number of para-hydroxylation sites is 1. The SMILES string of the molecule is CC1=C2CCC(OC(=O)NCCCOCCCNC(=O)CCN3C(=O)CC(SCC(NC=O)NC(=O)CCOCCC(C)C)C3=O)CCCC2C(c2ccc(CNC(=O)C(CNC(=O)CCC(=O)N3Cc4ccccc4-c4nnn(CC(=O)CCCOCCC(=O)C(C)C)c4-c4ccccc43)S(=O)(=O)[O-])cc2)=NN1. The lowest BCUT2D eigenvalue weighted by molar-refractivity contribution is -0.139. The van der Waals surface area contributed by atoms with E-state index in [4.69, 9.17) is 24.0 Å². The van der Waals surface area contributed by atoms with Crippen molar-refractivity contribution in [2.75, 3.05) is 76.5 Å². The fourth-order valence-corrected chi connectivity index (χ4v) is 14.6. The Bertz CT molecular complexity index is 4020. The van der Waals surface area contributed by atoms with Crippen molar-refractivity contribution >= 4 is 98.7 Å². The summed E-state index contributed by atoms with van der Waals surface area (Å²) in [6.45, 7) is 11.3. The third-order valence-electron chi connectivity index (χ3n) is 19.0. The minimum Gasteiger partial charge on any atom is -0.747 e. The highest BCUT2D eigenvalue weighted by atomic mass is 32.2. The van der Waals surface area contributed by atoms with E-state index < -0.39 is 75.4 Å². The molecule has 2 fully saturated rings. The minimum absolute atomic E-state index is 0.0368. The Morgan fingerprint density at radius 1 is 0.752 bits per heavy atom. The molecule has 0 spiro atoms. The van der Waals surface area contributed by atoms with E-state index in [1.165, 1.54) is 9.58 Å². The first kappa shape index (κ1) is 85.3. The van der Waals surface area contributed by atoms with Gasteiger partial charge in [-0.1, -0.05) is 99.6 Å². The molecule has 8 rings (SSSR count). The van der Waals surface area contributed by atoms with Crippen LogP contribution in [0.4, 0.5) is 10.5 Å². The number of Topliss-reactive ketones (excluding diaryl/α,β-unsaturated/α-hetero) is 2. The van der Waals surface area contributed by atoms with Gasteiger partial charge in [-0.25, -0.2) is 17.9 Å². The molecule has 4 heterocycles. The van der Waals surface area contributed by atoms with Crippen molar-refractivity contribution < 1.29 is 84.7 Å². The van der Waals surface area contributed by atoms with Gasteiger partial charge in [-0.05, 0) is 99.0 Å². The van der Waals surface area contributed by atoms with Crippen molar-refractivity contribution in [2.24, 2.45) is 22.9 Å². The van der Waals surface area contributed by atoms with Gasteiger partial charge in [-0.15, -0.1) is 16.9 Å². The molecule has 7 N–H and O–H groups in total. The van der Waals surface area contributed by atoms with Crippen LogP contribution in [0.2, 0.25) is 0 Å². The molecule has 1 aromatic heterocycles. The van der Waals surface area contributed by atoms with Crippen LogP contribution < -0.4 is 42.2 Å². The van der Waals surface area contributed by atoms with Crippen LogP contribution in [0, 0.1) is 17.8 Å². The van der Waals surface area contributed by atoms with Gasteiger partial charge in [0.1, 0.15) is 45.7 Å². The molecule has 5 atom stereocenters. The monoisotopic (exact) mass is 1550 g/mol. The van der Waals surface area contributed by atoms with Crippen molar-refractivity contribution in [3.63, 3.8) is 0 Å². The number of hydrogen-bond acceptors (Lipinski definition) is 23. The zero-order chi connectivity index (χ0) is 78.4. The van der Waals surface area contributed by atoms with E-state index in [1.54, 1.807) is 36.4 Å². The molecule has 5 unspecified atom stereocenters. The number of benzene rings is 3. The highest BCUT2D eigenvalue weighted by Gasteiger charge is 2.40. The number of likely N-dealkylation sites (tertiary alicyclic amines) is 1. The number of allylic oxidation sites excluding steroid dienone is 2. The van der Waals surface area contributed by atoms with Crippen molar-refractivity contribution in [3.05, 3.63) is 101 Å². The predicted octanol–water partition coefficient (Wildman–Crippen LogP) is 5.63. The average Bonchev–Trinajstić information content (AvgIpc) is 1.67. The highest BCUT2D eigenvalue weighted by Crippen LogP contribution is 2.42. The third-order valence-corrected chi connectivity index (χ3v) is 21.3. The Hall–Kier alpha value is -9.28. The summed E-state index contributed by atoms with van der Waals surface area (Å²) in [7, 11) is -5.29. The topological polar surface area (TPSA) is 416 Å². The van der Waals surface area contributed by atoms with Gasteiger partial charge in [0, 0.05) is 132 Å². The summed E-state index contributed by atoms with van der Waals surface area (Å²) in [5.41, 5.74) is 10.8. The lowest BCUT2D eigenvalue weighted by Crippen LogP contribution is -2.47. The Morgan fingerprint density at radius 3 is 2.19 bits per heavy atom. The van der Waals surface area contributed by atoms with Crippen LogP contribution in [-0.2, 0) is 96.6 Å². The van der Waals surface area contributed by atoms with Crippen molar-refractivity contribution in [3.8, 4) is 22.5 Å². The summed E-state index contributed by atoms with van der Waals surface area (Å²) in [6, 6.07) is 21.6. The number of amides is 9. The molecule has 31 nitrogen and oxygen atoms in total. The lowest BCUT2D eigenvalue weighted by Gasteiger charge is -2.32. The number of imide groups is 1. The molecule has 0 bridgehead atoms. The number of anilines is 1. The van der Waals surface area contributed by atoms with Crippen molar-refractivity contribution in [1.82, 2.24) is 57.2 Å². The van der Waals surface area contributed by atoms with Gasteiger partial charge in [0.2, 0.25) is 47.8 Å². The van der Waals surface area contributed by atoms with Crippen LogP contribution >= 0.6 is 11.8 Å². The molecule has 4 aliphatic rings. The van der Waals surface area contributed by atoms with E-state index in [0.29, 0.717) is 136 Å². The zero-order valence-corrected chi connectivity index (χ0v) is 64.2. The van der Waals surface area contributed by atoms with Gasteiger partial charge >= 0.3 is 6.09 Å².